The average Bonchev–Trinajstić information content (AvgIpc) is 2.96. The molecule has 0 spiro atoms. The minimum atomic E-state index is 0.0700. The molecule has 2 rings (SSSR count). The van der Waals surface area contributed by atoms with Gasteiger partial charge in [0.1, 0.15) is 0 Å². The lowest BCUT2D eigenvalue weighted by atomic mass is 10.1. The minimum Gasteiger partial charge on any atom is -0.335 e. The predicted molar refractivity (Wildman–Crippen MR) is 65.2 cm³/mol. The first-order valence-corrected chi connectivity index (χ1v) is 6.47. The summed E-state index contributed by atoms with van der Waals surface area (Å²) in [6, 6.07) is 0.536. The van der Waals surface area contributed by atoms with Crippen LogP contribution in [0.1, 0.15) is 38.5 Å². The van der Waals surface area contributed by atoms with Crippen LogP contribution in [0.25, 0.3) is 0 Å². The van der Waals surface area contributed by atoms with Crippen molar-refractivity contribution in [1.29, 1.82) is 0 Å². The van der Waals surface area contributed by atoms with Gasteiger partial charge in [0, 0.05) is 12.6 Å². The summed E-state index contributed by atoms with van der Waals surface area (Å²) >= 11 is 0. The fourth-order valence-corrected chi connectivity index (χ4v) is 2.87. The molecule has 1 unspecified atom stereocenters. The van der Waals surface area contributed by atoms with Gasteiger partial charge in [0.15, 0.2) is 0 Å². The molecule has 90 valence electrons. The predicted octanol–water partition coefficient (Wildman–Crippen LogP) is 1.70. The molecular formula is C13H22N2O. The maximum atomic E-state index is 12.3. The fourth-order valence-electron chi connectivity index (χ4n) is 2.87. The van der Waals surface area contributed by atoms with E-state index in [4.69, 9.17) is 0 Å². The lowest BCUT2D eigenvalue weighted by Crippen LogP contribution is -2.47. The monoisotopic (exact) mass is 222 g/mol. The van der Waals surface area contributed by atoms with Crippen LogP contribution in [-0.4, -0.2) is 36.0 Å². The molecule has 1 amide bonds. The van der Waals surface area contributed by atoms with Crippen molar-refractivity contribution in [2.24, 2.45) is 0 Å². The number of rotatable bonds is 4. The Bertz CT molecular complexity index is 253. The number of nitrogens with zero attached hydrogens (tertiary/aromatic N) is 1. The molecule has 2 fully saturated rings. The van der Waals surface area contributed by atoms with E-state index >= 15 is 0 Å². The van der Waals surface area contributed by atoms with E-state index in [2.05, 4.69) is 11.9 Å². The summed E-state index contributed by atoms with van der Waals surface area (Å²) in [7, 11) is 0. The van der Waals surface area contributed by atoms with E-state index in [1.54, 1.807) is 0 Å². The van der Waals surface area contributed by atoms with E-state index in [0.29, 0.717) is 18.5 Å². The normalized spacial score (nSPS) is 25.9. The Morgan fingerprint density at radius 3 is 2.62 bits per heavy atom. The Morgan fingerprint density at radius 1 is 1.31 bits per heavy atom. The van der Waals surface area contributed by atoms with Gasteiger partial charge in [0.2, 0.25) is 5.91 Å². The molecule has 1 saturated heterocycles. The summed E-state index contributed by atoms with van der Waals surface area (Å²) in [5.74, 6) is 0.296. The number of hydrogen-bond donors (Lipinski definition) is 1. The Morgan fingerprint density at radius 2 is 2.06 bits per heavy atom. The highest BCUT2D eigenvalue weighted by Crippen LogP contribution is 2.24. The van der Waals surface area contributed by atoms with Gasteiger partial charge < -0.3 is 10.2 Å². The van der Waals surface area contributed by atoms with E-state index in [0.717, 1.165) is 19.4 Å². The number of carbonyl (C=O) groups is 1. The van der Waals surface area contributed by atoms with Crippen molar-refractivity contribution in [2.75, 3.05) is 13.1 Å². The first-order chi connectivity index (χ1) is 7.83. The molecular weight excluding hydrogens is 200 g/mol. The molecule has 0 radical (unpaired) electrons. The fraction of sp³-hybridized carbons (Fsp3) is 0.769. The Hall–Kier alpha value is -0.830. The van der Waals surface area contributed by atoms with Gasteiger partial charge in [-0.05, 0) is 32.2 Å². The molecule has 1 heterocycles. The van der Waals surface area contributed by atoms with Crippen molar-refractivity contribution in [2.45, 2.75) is 50.6 Å². The number of nitrogens with one attached hydrogen (secondary N) is 1. The molecule has 1 aliphatic carbocycles. The van der Waals surface area contributed by atoms with Crippen molar-refractivity contribution >= 4 is 5.91 Å². The summed E-state index contributed by atoms with van der Waals surface area (Å²) in [5, 5.41) is 3.29. The minimum absolute atomic E-state index is 0.0700. The zero-order valence-electron chi connectivity index (χ0n) is 9.95. The third-order valence-electron chi connectivity index (χ3n) is 3.73. The van der Waals surface area contributed by atoms with Crippen LogP contribution in [0.5, 0.6) is 0 Å². The number of hydrogen-bond acceptors (Lipinski definition) is 2. The third-order valence-corrected chi connectivity index (χ3v) is 3.73. The van der Waals surface area contributed by atoms with E-state index < -0.39 is 0 Å². The molecule has 1 saturated carbocycles. The number of carbonyl (C=O) groups excluding carboxylic acids is 1. The molecule has 0 bridgehead atoms. The van der Waals surface area contributed by atoms with Gasteiger partial charge in [-0.1, -0.05) is 18.9 Å². The van der Waals surface area contributed by atoms with E-state index in [9.17, 15) is 4.79 Å². The highest BCUT2D eigenvalue weighted by atomic mass is 16.2. The Balaban J connectivity index is 1.99. The largest absolute Gasteiger partial charge is 0.335 e. The molecule has 1 atom stereocenters. The summed E-state index contributed by atoms with van der Waals surface area (Å²) in [5.41, 5.74) is 0. The smallest absolute Gasteiger partial charge is 0.240 e. The van der Waals surface area contributed by atoms with E-state index in [-0.39, 0.29) is 6.04 Å². The van der Waals surface area contributed by atoms with Gasteiger partial charge in [-0.15, -0.1) is 6.58 Å². The number of amides is 1. The highest BCUT2D eigenvalue weighted by molar-refractivity contribution is 5.82. The second-order valence-electron chi connectivity index (χ2n) is 4.87. The average molecular weight is 222 g/mol. The SMILES string of the molecule is C=CCN(C(=O)C1CCCN1)C1CCCC1. The molecule has 16 heavy (non-hydrogen) atoms. The van der Waals surface area contributed by atoms with Crippen molar-refractivity contribution in [3.05, 3.63) is 12.7 Å². The summed E-state index contributed by atoms with van der Waals surface area (Å²) in [4.78, 5) is 14.4. The zero-order chi connectivity index (χ0) is 11.4. The van der Waals surface area contributed by atoms with Crippen LogP contribution < -0.4 is 5.32 Å². The molecule has 1 N–H and O–H groups in total. The van der Waals surface area contributed by atoms with Crippen LogP contribution in [0, 0.1) is 0 Å². The molecule has 3 nitrogen and oxygen atoms in total. The van der Waals surface area contributed by atoms with Gasteiger partial charge in [0.25, 0.3) is 0 Å². The van der Waals surface area contributed by atoms with E-state index in [1.165, 1.54) is 25.7 Å². The standard InChI is InChI=1S/C13H22N2O/c1-2-10-15(11-6-3-4-7-11)13(16)12-8-5-9-14-12/h2,11-12,14H,1,3-10H2. The Kier molecular flexibility index (Phi) is 3.99. The van der Waals surface area contributed by atoms with Crippen LogP contribution in [0.4, 0.5) is 0 Å². The molecule has 3 heteroatoms. The van der Waals surface area contributed by atoms with Crippen molar-refractivity contribution in [1.82, 2.24) is 10.2 Å². The first-order valence-electron chi connectivity index (χ1n) is 6.47. The van der Waals surface area contributed by atoms with Crippen LogP contribution in [-0.2, 0) is 4.79 Å². The third kappa shape index (κ3) is 2.46. The lowest BCUT2D eigenvalue weighted by Gasteiger charge is -2.30. The summed E-state index contributed by atoms with van der Waals surface area (Å²) in [6.07, 6.45) is 8.86. The van der Waals surface area contributed by atoms with E-state index in [1.807, 2.05) is 11.0 Å². The summed E-state index contributed by atoms with van der Waals surface area (Å²) < 4.78 is 0. The molecule has 0 aromatic carbocycles. The topological polar surface area (TPSA) is 32.3 Å². The van der Waals surface area contributed by atoms with Gasteiger partial charge in [-0.25, -0.2) is 0 Å². The molecule has 0 aromatic heterocycles. The maximum absolute atomic E-state index is 12.3. The molecule has 0 aromatic rings. The second kappa shape index (κ2) is 5.48. The zero-order valence-corrected chi connectivity index (χ0v) is 9.95. The molecule has 2 aliphatic rings. The van der Waals surface area contributed by atoms with Gasteiger partial charge in [-0.2, -0.15) is 0 Å². The van der Waals surface area contributed by atoms with Crippen molar-refractivity contribution in [3.8, 4) is 0 Å². The van der Waals surface area contributed by atoms with Gasteiger partial charge in [-0.3, -0.25) is 4.79 Å². The lowest BCUT2D eigenvalue weighted by molar-refractivity contribution is -0.134. The van der Waals surface area contributed by atoms with Crippen LogP contribution in [0.15, 0.2) is 12.7 Å². The summed E-state index contributed by atoms with van der Waals surface area (Å²) in [6.45, 7) is 5.47. The highest BCUT2D eigenvalue weighted by Gasteiger charge is 2.31. The van der Waals surface area contributed by atoms with Crippen LogP contribution >= 0.6 is 0 Å². The van der Waals surface area contributed by atoms with Crippen LogP contribution in [0.2, 0.25) is 0 Å². The first kappa shape index (κ1) is 11.6. The van der Waals surface area contributed by atoms with Crippen molar-refractivity contribution in [3.63, 3.8) is 0 Å². The van der Waals surface area contributed by atoms with Crippen LogP contribution in [0.3, 0.4) is 0 Å². The second-order valence-corrected chi connectivity index (χ2v) is 4.87. The maximum Gasteiger partial charge on any atom is 0.240 e. The van der Waals surface area contributed by atoms with Gasteiger partial charge >= 0.3 is 0 Å². The Labute approximate surface area is 97.9 Å². The van der Waals surface area contributed by atoms with Gasteiger partial charge in [0.05, 0.1) is 6.04 Å². The van der Waals surface area contributed by atoms with Crippen molar-refractivity contribution < 1.29 is 4.79 Å². The molecule has 1 aliphatic heterocycles. The quantitative estimate of drug-likeness (QED) is 0.734.